The van der Waals surface area contributed by atoms with Gasteiger partial charge in [-0.15, -0.1) is 21.5 Å². The van der Waals surface area contributed by atoms with E-state index in [-0.39, 0.29) is 5.41 Å². The third-order valence-electron chi connectivity index (χ3n) is 1.65. The number of hydrogen-bond acceptors (Lipinski definition) is 5. The van der Waals surface area contributed by atoms with Crippen molar-refractivity contribution in [1.82, 2.24) is 4.98 Å². The molecule has 0 saturated carbocycles. The fraction of sp³-hybridized carbons (Fsp3) is 0.625. The molecule has 1 unspecified atom stereocenters. The Morgan fingerprint density at radius 1 is 1.64 bits per heavy atom. The maximum Gasteiger partial charge on any atom is 0.295 e. The maximum absolute atomic E-state index is 10.3. The number of rotatable bonds is 3. The Labute approximate surface area is 85.8 Å². The first-order chi connectivity index (χ1) is 6.41. The topological polar surface area (TPSA) is 65.3 Å². The van der Waals surface area contributed by atoms with E-state index in [9.17, 15) is 10.1 Å². The summed E-state index contributed by atoms with van der Waals surface area (Å²) in [6, 6.07) is 0. The Kier molecular flexibility index (Phi) is 3.05. The first-order valence-electron chi connectivity index (χ1n) is 4.12. The van der Waals surface area contributed by atoms with Gasteiger partial charge in [0.1, 0.15) is 5.01 Å². The fourth-order valence-corrected chi connectivity index (χ4v) is 1.93. The predicted molar refractivity (Wildman–Crippen MR) is 52.4 cm³/mol. The molecule has 0 aromatic carbocycles. The third kappa shape index (κ3) is 2.66. The summed E-state index contributed by atoms with van der Waals surface area (Å²) in [5, 5.41) is 12.0. The van der Waals surface area contributed by atoms with E-state index < -0.39 is 11.2 Å². The molecule has 0 bridgehead atoms. The van der Waals surface area contributed by atoms with E-state index in [2.05, 4.69) is 9.82 Å². The minimum Gasteiger partial charge on any atom is -0.303 e. The lowest BCUT2D eigenvalue weighted by molar-refractivity contribution is -0.774. The molecule has 1 heterocycles. The van der Waals surface area contributed by atoms with Crippen LogP contribution in [-0.2, 0) is 4.84 Å². The van der Waals surface area contributed by atoms with Crippen molar-refractivity contribution in [3.63, 3.8) is 0 Å². The van der Waals surface area contributed by atoms with Crippen molar-refractivity contribution in [3.8, 4) is 0 Å². The molecule has 14 heavy (non-hydrogen) atoms. The summed E-state index contributed by atoms with van der Waals surface area (Å²) in [6.45, 7) is 5.63. The van der Waals surface area contributed by atoms with Gasteiger partial charge in [0.15, 0.2) is 6.10 Å². The van der Waals surface area contributed by atoms with Gasteiger partial charge < -0.3 is 4.84 Å². The largest absolute Gasteiger partial charge is 0.303 e. The Bertz CT molecular complexity index is 305. The van der Waals surface area contributed by atoms with Gasteiger partial charge >= 0.3 is 0 Å². The second-order valence-electron chi connectivity index (χ2n) is 3.95. The number of hydrogen-bond donors (Lipinski definition) is 0. The minimum atomic E-state index is -0.767. The van der Waals surface area contributed by atoms with E-state index in [0.717, 1.165) is 0 Å². The van der Waals surface area contributed by atoms with Gasteiger partial charge in [-0.25, -0.2) is 4.98 Å². The van der Waals surface area contributed by atoms with Crippen molar-refractivity contribution in [2.45, 2.75) is 26.9 Å². The van der Waals surface area contributed by atoms with Crippen molar-refractivity contribution < 1.29 is 9.92 Å². The molecule has 0 spiro atoms. The smallest absolute Gasteiger partial charge is 0.295 e. The highest BCUT2D eigenvalue weighted by atomic mass is 32.1. The van der Waals surface area contributed by atoms with E-state index in [0.29, 0.717) is 5.01 Å². The van der Waals surface area contributed by atoms with Gasteiger partial charge in [-0.2, -0.15) is 0 Å². The molecule has 5 nitrogen and oxygen atoms in total. The summed E-state index contributed by atoms with van der Waals surface area (Å²) in [7, 11) is 0. The van der Waals surface area contributed by atoms with Crippen LogP contribution >= 0.6 is 11.3 Å². The van der Waals surface area contributed by atoms with Crippen LogP contribution in [0.15, 0.2) is 11.6 Å². The van der Waals surface area contributed by atoms with Crippen LogP contribution in [0.3, 0.4) is 0 Å². The lowest BCUT2D eigenvalue weighted by atomic mass is 9.89. The van der Waals surface area contributed by atoms with E-state index >= 15 is 0 Å². The molecule has 78 valence electrons. The fourth-order valence-electron chi connectivity index (χ4n) is 1.02. The zero-order valence-corrected chi connectivity index (χ0v) is 9.08. The highest BCUT2D eigenvalue weighted by Gasteiger charge is 2.31. The van der Waals surface area contributed by atoms with Crippen LogP contribution in [0.2, 0.25) is 0 Å². The maximum atomic E-state index is 10.3. The predicted octanol–water partition coefficient (Wildman–Crippen LogP) is 2.44. The second kappa shape index (κ2) is 3.91. The van der Waals surface area contributed by atoms with Gasteiger partial charge in [0.2, 0.25) is 0 Å². The molecule has 0 aliphatic carbocycles. The molecule has 0 radical (unpaired) electrons. The van der Waals surface area contributed by atoms with Crippen molar-refractivity contribution in [2.24, 2.45) is 5.41 Å². The van der Waals surface area contributed by atoms with Gasteiger partial charge in [0.25, 0.3) is 5.09 Å². The Morgan fingerprint density at radius 3 is 2.64 bits per heavy atom. The van der Waals surface area contributed by atoms with Crippen LogP contribution in [0.4, 0.5) is 0 Å². The number of aromatic nitrogens is 1. The summed E-state index contributed by atoms with van der Waals surface area (Å²) >= 11 is 1.36. The van der Waals surface area contributed by atoms with E-state index in [4.69, 9.17) is 0 Å². The molecule has 0 saturated heterocycles. The standard InChI is InChI=1S/C8H12N2O3S/c1-8(2,3)6(13-10(11)12)7-9-4-5-14-7/h4-6H,1-3H3. The number of thiazole rings is 1. The van der Waals surface area contributed by atoms with Gasteiger partial charge in [-0.05, 0) is 5.41 Å². The Hall–Kier alpha value is -1.17. The molecule has 1 aromatic rings. The molecule has 0 fully saturated rings. The first-order valence-corrected chi connectivity index (χ1v) is 5.00. The molecular weight excluding hydrogens is 204 g/mol. The van der Waals surface area contributed by atoms with Crippen molar-refractivity contribution in [2.75, 3.05) is 0 Å². The minimum absolute atomic E-state index is 0.342. The SMILES string of the molecule is CC(C)(C)C(O[N+](=O)[O-])c1nccs1. The molecule has 1 atom stereocenters. The van der Waals surface area contributed by atoms with Crippen LogP contribution in [-0.4, -0.2) is 10.1 Å². The normalized spacial score (nSPS) is 13.6. The van der Waals surface area contributed by atoms with Gasteiger partial charge in [-0.1, -0.05) is 20.8 Å². The quantitative estimate of drug-likeness (QED) is 0.575. The highest BCUT2D eigenvalue weighted by molar-refractivity contribution is 7.09. The van der Waals surface area contributed by atoms with Crippen LogP contribution in [0.25, 0.3) is 0 Å². The van der Waals surface area contributed by atoms with Crippen molar-refractivity contribution >= 4 is 11.3 Å². The molecule has 0 N–H and O–H groups in total. The summed E-state index contributed by atoms with van der Waals surface area (Å²) < 4.78 is 0. The van der Waals surface area contributed by atoms with Gasteiger partial charge in [0.05, 0.1) is 0 Å². The summed E-state index contributed by atoms with van der Waals surface area (Å²) in [5.41, 5.74) is -0.342. The lowest BCUT2D eigenvalue weighted by Crippen LogP contribution is -2.23. The number of nitrogens with zero attached hydrogens (tertiary/aromatic N) is 2. The van der Waals surface area contributed by atoms with Gasteiger partial charge in [0, 0.05) is 11.6 Å². The molecule has 1 aromatic heterocycles. The summed E-state index contributed by atoms with van der Waals surface area (Å²) in [4.78, 5) is 19.0. The Balaban J connectivity index is 2.89. The molecule has 0 aliphatic rings. The molecular formula is C8H12N2O3S. The molecule has 0 aliphatic heterocycles. The second-order valence-corrected chi connectivity index (χ2v) is 4.87. The summed E-state index contributed by atoms with van der Waals surface area (Å²) in [6.07, 6.45) is 1.01. The monoisotopic (exact) mass is 216 g/mol. The Morgan fingerprint density at radius 2 is 2.29 bits per heavy atom. The molecule has 0 amide bonds. The third-order valence-corrected chi connectivity index (χ3v) is 2.47. The summed E-state index contributed by atoms with van der Waals surface area (Å²) in [5.74, 6) is 0. The van der Waals surface area contributed by atoms with Crippen LogP contribution < -0.4 is 0 Å². The van der Waals surface area contributed by atoms with Crippen LogP contribution in [0.1, 0.15) is 31.9 Å². The first kappa shape index (κ1) is 10.9. The van der Waals surface area contributed by atoms with Crippen LogP contribution in [0, 0.1) is 15.5 Å². The van der Waals surface area contributed by atoms with Gasteiger partial charge in [-0.3, -0.25) is 0 Å². The molecule has 1 rings (SSSR count). The van der Waals surface area contributed by atoms with E-state index in [1.165, 1.54) is 11.3 Å². The zero-order chi connectivity index (χ0) is 10.8. The van der Waals surface area contributed by atoms with E-state index in [1.807, 2.05) is 20.8 Å². The van der Waals surface area contributed by atoms with Crippen molar-refractivity contribution in [1.29, 1.82) is 0 Å². The average molecular weight is 216 g/mol. The lowest BCUT2D eigenvalue weighted by Gasteiger charge is -2.26. The zero-order valence-electron chi connectivity index (χ0n) is 8.26. The average Bonchev–Trinajstić information content (AvgIpc) is 2.49. The van der Waals surface area contributed by atoms with E-state index in [1.54, 1.807) is 11.6 Å². The van der Waals surface area contributed by atoms with Crippen LogP contribution in [0.5, 0.6) is 0 Å². The van der Waals surface area contributed by atoms with Crippen molar-refractivity contribution in [3.05, 3.63) is 26.7 Å². The molecule has 6 heteroatoms. The highest BCUT2D eigenvalue weighted by Crippen LogP contribution is 2.36.